The summed E-state index contributed by atoms with van der Waals surface area (Å²) in [4.78, 5) is 2.47. The van der Waals surface area contributed by atoms with Gasteiger partial charge in [0.2, 0.25) is 0 Å². The van der Waals surface area contributed by atoms with Crippen LogP contribution in [-0.2, 0) is 13.0 Å². The maximum Gasteiger partial charge on any atom is 0.0552 e. The Morgan fingerprint density at radius 2 is 2.39 bits per heavy atom. The Bertz CT molecular complexity index is 431. The number of anilines is 1. The average molecular weight is 246 g/mol. The number of nitrogens with one attached hydrogen (secondary N) is 1. The van der Waals surface area contributed by atoms with Gasteiger partial charge >= 0.3 is 0 Å². The van der Waals surface area contributed by atoms with E-state index in [-0.39, 0.29) is 6.10 Å². The normalized spacial score (nSPS) is 24.9. The largest absolute Gasteiger partial charge is 0.393 e. The lowest BCUT2D eigenvalue weighted by Crippen LogP contribution is -2.24. The van der Waals surface area contributed by atoms with Crippen molar-refractivity contribution in [1.29, 1.82) is 0 Å². The van der Waals surface area contributed by atoms with E-state index in [1.807, 2.05) is 6.92 Å². The number of benzene rings is 1. The number of aliphatic hydroxyl groups excluding tert-OH is 1. The number of likely N-dealkylation sites (tertiary alicyclic amines) is 1. The second-order valence-corrected chi connectivity index (χ2v) is 5.65. The van der Waals surface area contributed by atoms with Crippen LogP contribution >= 0.6 is 0 Å². The fourth-order valence-electron chi connectivity index (χ4n) is 3.18. The van der Waals surface area contributed by atoms with Crippen molar-refractivity contribution in [2.24, 2.45) is 5.92 Å². The lowest BCUT2D eigenvalue weighted by atomic mass is 10.0. The predicted octanol–water partition coefficient (Wildman–Crippen LogP) is 1.86. The van der Waals surface area contributed by atoms with Gasteiger partial charge in [-0.1, -0.05) is 18.2 Å². The van der Waals surface area contributed by atoms with Crippen molar-refractivity contribution in [2.45, 2.75) is 32.4 Å². The molecule has 0 aliphatic carbocycles. The number of hydrogen-bond donors (Lipinski definition) is 2. The zero-order chi connectivity index (χ0) is 12.5. The summed E-state index contributed by atoms with van der Waals surface area (Å²) in [6, 6.07) is 6.62. The van der Waals surface area contributed by atoms with Gasteiger partial charge in [-0.15, -0.1) is 0 Å². The van der Waals surface area contributed by atoms with Gasteiger partial charge in [-0.25, -0.2) is 0 Å². The summed E-state index contributed by atoms with van der Waals surface area (Å²) in [7, 11) is 0. The molecule has 2 aliphatic rings. The minimum absolute atomic E-state index is 0.172. The SMILES string of the molecule is CC(O)C1CCN(Cc2cccc3c2NCC3)C1. The first kappa shape index (κ1) is 12.0. The molecule has 1 aromatic rings. The van der Waals surface area contributed by atoms with Crippen LogP contribution in [-0.4, -0.2) is 35.7 Å². The topological polar surface area (TPSA) is 35.5 Å². The number of nitrogens with zero attached hydrogens (tertiary/aromatic N) is 1. The highest BCUT2D eigenvalue weighted by Crippen LogP contribution is 2.29. The Morgan fingerprint density at radius 3 is 3.17 bits per heavy atom. The van der Waals surface area contributed by atoms with Crippen molar-refractivity contribution in [2.75, 3.05) is 25.0 Å². The molecule has 2 aliphatic heterocycles. The van der Waals surface area contributed by atoms with E-state index in [1.165, 1.54) is 16.8 Å². The molecule has 1 saturated heterocycles. The minimum atomic E-state index is -0.172. The van der Waals surface area contributed by atoms with Crippen molar-refractivity contribution in [1.82, 2.24) is 4.90 Å². The molecule has 0 bridgehead atoms. The highest BCUT2D eigenvalue weighted by molar-refractivity contribution is 5.61. The highest BCUT2D eigenvalue weighted by Gasteiger charge is 2.26. The van der Waals surface area contributed by atoms with Crippen molar-refractivity contribution >= 4 is 5.69 Å². The fraction of sp³-hybridized carbons (Fsp3) is 0.600. The van der Waals surface area contributed by atoms with E-state index in [1.54, 1.807) is 0 Å². The van der Waals surface area contributed by atoms with Crippen LogP contribution in [0.1, 0.15) is 24.5 Å². The van der Waals surface area contributed by atoms with Gasteiger partial charge in [0.05, 0.1) is 6.10 Å². The Hall–Kier alpha value is -1.06. The van der Waals surface area contributed by atoms with Gasteiger partial charge in [0.15, 0.2) is 0 Å². The van der Waals surface area contributed by atoms with Gasteiger partial charge in [-0.2, -0.15) is 0 Å². The standard InChI is InChI=1S/C15H22N2O/c1-11(18)13-6-8-17(9-13)10-14-4-2-3-12-5-7-16-15(12)14/h2-4,11,13,16,18H,5-10H2,1H3. The third-order valence-corrected chi connectivity index (χ3v) is 4.32. The molecule has 1 aromatic carbocycles. The number of fused-ring (bicyclic) bond motifs is 1. The third-order valence-electron chi connectivity index (χ3n) is 4.32. The van der Waals surface area contributed by atoms with Crippen molar-refractivity contribution in [3.8, 4) is 0 Å². The molecule has 2 unspecified atom stereocenters. The fourth-order valence-corrected chi connectivity index (χ4v) is 3.18. The van der Waals surface area contributed by atoms with Crippen LogP contribution in [0.25, 0.3) is 0 Å². The van der Waals surface area contributed by atoms with Crippen molar-refractivity contribution in [3.63, 3.8) is 0 Å². The average Bonchev–Trinajstić information content (AvgIpc) is 2.97. The molecule has 2 heterocycles. The molecule has 2 atom stereocenters. The summed E-state index contributed by atoms with van der Waals surface area (Å²) in [6.45, 7) is 6.14. The Balaban J connectivity index is 1.69. The summed E-state index contributed by atoms with van der Waals surface area (Å²) in [5.74, 6) is 0.453. The molecule has 2 N–H and O–H groups in total. The van der Waals surface area contributed by atoms with Crippen LogP contribution in [0.5, 0.6) is 0 Å². The molecular formula is C15H22N2O. The van der Waals surface area contributed by atoms with E-state index in [0.717, 1.165) is 39.0 Å². The molecule has 98 valence electrons. The first-order valence-electron chi connectivity index (χ1n) is 6.99. The van der Waals surface area contributed by atoms with Gasteiger partial charge in [0.1, 0.15) is 0 Å². The number of rotatable bonds is 3. The van der Waals surface area contributed by atoms with Crippen molar-refractivity contribution in [3.05, 3.63) is 29.3 Å². The van der Waals surface area contributed by atoms with E-state index in [4.69, 9.17) is 0 Å². The summed E-state index contributed by atoms with van der Waals surface area (Å²) in [5.41, 5.74) is 4.23. The lowest BCUT2D eigenvalue weighted by molar-refractivity contribution is 0.127. The van der Waals surface area contributed by atoms with E-state index < -0.39 is 0 Å². The molecule has 0 saturated carbocycles. The quantitative estimate of drug-likeness (QED) is 0.854. The molecular weight excluding hydrogens is 224 g/mol. The van der Waals surface area contributed by atoms with Gasteiger partial charge in [-0.3, -0.25) is 4.90 Å². The van der Waals surface area contributed by atoms with Crippen molar-refractivity contribution < 1.29 is 5.11 Å². The molecule has 0 amide bonds. The van der Waals surface area contributed by atoms with Gasteiger partial charge in [0.25, 0.3) is 0 Å². The van der Waals surface area contributed by atoms with Crippen LogP contribution in [0.3, 0.4) is 0 Å². The van der Waals surface area contributed by atoms with Crippen LogP contribution < -0.4 is 5.32 Å². The molecule has 3 rings (SSSR count). The first-order chi connectivity index (χ1) is 8.74. The molecule has 0 spiro atoms. The van der Waals surface area contributed by atoms with E-state index in [9.17, 15) is 5.11 Å². The second-order valence-electron chi connectivity index (χ2n) is 5.65. The number of para-hydroxylation sites is 1. The van der Waals surface area contributed by atoms with E-state index in [0.29, 0.717) is 5.92 Å². The van der Waals surface area contributed by atoms with E-state index >= 15 is 0 Å². The first-order valence-corrected chi connectivity index (χ1v) is 6.99. The molecule has 18 heavy (non-hydrogen) atoms. The summed E-state index contributed by atoms with van der Waals surface area (Å²) in [5, 5.41) is 13.2. The maximum absolute atomic E-state index is 9.65. The lowest BCUT2D eigenvalue weighted by Gasteiger charge is -2.19. The molecule has 1 fully saturated rings. The molecule has 0 aromatic heterocycles. The zero-order valence-corrected chi connectivity index (χ0v) is 11.0. The summed E-state index contributed by atoms with van der Waals surface area (Å²) in [6.07, 6.45) is 2.11. The molecule has 0 radical (unpaired) electrons. The Morgan fingerprint density at radius 1 is 1.50 bits per heavy atom. The Labute approximate surface area is 109 Å². The van der Waals surface area contributed by atoms with Crippen LogP contribution in [0.4, 0.5) is 5.69 Å². The number of aliphatic hydroxyl groups is 1. The number of hydrogen-bond acceptors (Lipinski definition) is 3. The summed E-state index contributed by atoms with van der Waals surface area (Å²) >= 11 is 0. The summed E-state index contributed by atoms with van der Waals surface area (Å²) < 4.78 is 0. The molecule has 3 heteroatoms. The second kappa shape index (κ2) is 4.90. The third kappa shape index (κ3) is 2.25. The van der Waals surface area contributed by atoms with E-state index in [2.05, 4.69) is 28.4 Å². The monoisotopic (exact) mass is 246 g/mol. The highest BCUT2D eigenvalue weighted by atomic mass is 16.3. The minimum Gasteiger partial charge on any atom is -0.393 e. The van der Waals surface area contributed by atoms with Gasteiger partial charge < -0.3 is 10.4 Å². The van der Waals surface area contributed by atoms with Gasteiger partial charge in [0, 0.05) is 25.3 Å². The Kier molecular flexibility index (Phi) is 3.27. The maximum atomic E-state index is 9.65. The zero-order valence-electron chi connectivity index (χ0n) is 11.0. The van der Waals surface area contributed by atoms with Gasteiger partial charge in [-0.05, 0) is 43.4 Å². The van der Waals surface area contributed by atoms with Crippen LogP contribution in [0.2, 0.25) is 0 Å². The van der Waals surface area contributed by atoms with Crippen LogP contribution in [0, 0.1) is 5.92 Å². The smallest absolute Gasteiger partial charge is 0.0552 e. The van der Waals surface area contributed by atoms with Crippen LogP contribution in [0.15, 0.2) is 18.2 Å². The predicted molar refractivity (Wildman–Crippen MR) is 73.7 cm³/mol. The molecule has 3 nitrogen and oxygen atoms in total.